The first kappa shape index (κ1) is 8.94. The summed E-state index contributed by atoms with van der Waals surface area (Å²) in [6.07, 6.45) is 4.19. The summed E-state index contributed by atoms with van der Waals surface area (Å²) in [5, 5.41) is 0. The molecule has 0 aliphatic heterocycles. The highest BCUT2D eigenvalue weighted by Crippen LogP contribution is 2.10. The van der Waals surface area contributed by atoms with Gasteiger partial charge in [-0.1, -0.05) is 13.0 Å². The van der Waals surface area contributed by atoms with E-state index < -0.39 is 0 Å². The monoisotopic (exact) mass is 188 g/mol. The molecule has 0 fully saturated rings. The molecule has 0 bridgehead atoms. The van der Waals surface area contributed by atoms with Crippen LogP contribution in [0.15, 0.2) is 24.5 Å². The third kappa shape index (κ3) is 1.31. The van der Waals surface area contributed by atoms with Gasteiger partial charge in [0, 0.05) is 18.8 Å². The van der Waals surface area contributed by atoms with E-state index in [9.17, 15) is 4.79 Å². The van der Waals surface area contributed by atoms with E-state index in [1.165, 1.54) is 0 Å². The molecule has 2 aromatic heterocycles. The number of hydrogen-bond acceptors (Lipinski definition) is 2. The molecule has 0 amide bonds. The number of imidazole rings is 1. The average Bonchev–Trinajstić information content (AvgIpc) is 2.62. The van der Waals surface area contributed by atoms with Crippen LogP contribution in [0.5, 0.6) is 0 Å². The fraction of sp³-hybridized carbons (Fsp3) is 0.273. The van der Waals surface area contributed by atoms with Crippen molar-refractivity contribution in [3.8, 4) is 0 Å². The number of fused-ring (bicyclic) bond motifs is 1. The van der Waals surface area contributed by atoms with Crippen molar-refractivity contribution < 1.29 is 4.79 Å². The van der Waals surface area contributed by atoms with Crippen molar-refractivity contribution in [3.05, 3.63) is 35.8 Å². The van der Waals surface area contributed by atoms with Gasteiger partial charge in [0.15, 0.2) is 5.78 Å². The molecule has 72 valence electrons. The fourth-order valence-corrected chi connectivity index (χ4v) is 1.47. The van der Waals surface area contributed by atoms with E-state index in [4.69, 9.17) is 0 Å². The van der Waals surface area contributed by atoms with E-state index in [1.807, 2.05) is 36.6 Å². The number of ketones is 1. The lowest BCUT2D eigenvalue weighted by atomic mass is 10.2. The minimum atomic E-state index is 0.0908. The van der Waals surface area contributed by atoms with Gasteiger partial charge in [0.05, 0.1) is 0 Å². The highest BCUT2D eigenvalue weighted by molar-refractivity contribution is 5.94. The van der Waals surface area contributed by atoms with Crippen molar-refractivity contribution in [2.24, 2.45) is 0 Å². The van der Waals surface area contributed by atoms with Crippen molar-refractivity contribution in [1.29, 1.82) is 0 Å². The number of pyridine rings is 1. The molecule has 0 aliphatic rings. The van der Waals surface area contributed by atoms with E-state index in [0.717, 1.165) is 11.2 Å². The van der Waals surface area contributed by atoms with Crippen LogP contribution in [0.2, 0.25) is 0 Å². The Balaban J connectivity index is 2.62. The van der Waals surface area contributed by atoms with Gasteiger partial charge >= 0.3 is 0 Å². The molecular weight excluding hydrogens is 176 g/mol. The van der Waals surface area contributed by atoms with Gasteiger partial charge in [0.1, 0.15) is 11.3 Å². The van der Waals surface area contributed by atoms with Gasteiger partial charge in [0.2, 0.25) is 0 Å². The van der Waals surface area contributed by atoms with Crippen LogP contribution in [0.25, 0.3) is 5.65 Å². The smallest absolute Gasteiger partial charge is 0.182 e. The number of nitrogens with zero attached hydrogens (tertiary/aromatic N) is 2. The molecule has 0 N–H and O–H groups in total. The molecule has 0 saturated heterocycles. The van der Waals surface area contributed by atoms with Gasteiger partial charge in [-0.25, -0.2) is 4.98 Å². The maximum Gasteiger partial charge on any atom is 0.182 e. The number of hydrogen-bond donors (Lipinski definition) is 0. The maximum atomic E-state index is 11.4. The Morgan fingerprint density at radius 2 is 2.36 bits per heavy atom. The maximum absolute atomic E-state index is 11.4. The van der Waals surface area contributed by atoms with Gasteiger partial charge in [-0.3, -0.25) is 4.79 Å². The fourth-order valence-electron chi connectivity index (χ4n) is 1.47. The van der Waals surface area contributed by atoms with E-state index >= 15 is 0 Å². The van der Waals surface area contributed by atoms with Crippen molar-refractivity contribution >= 4 is 11.4 Å². The van der Waals surface area contributed by atoms with Crippen LogP contribution >= 0.6 is 0 Å². The summed E-state index contributed by atoms with van der Waals surface area (Å²) in [4.78, 5) is 15.7. The van der Waals surface area contributed by atoms with Crippen molar-refractivity contribution in [2.45, 2.75) is 20.3 Å². The van der Waals surface area contributed by atoms with Crippen molar-refractivity contribution in [2.75, 3.05) is 0 Å². The Bertz CT molecular complexity index is 485. The molecule has 0 aromatic carbocycles. The van der Waals surface area contributed by atoms with Crippen LogP contribution in [0.1, 0.15) is 29.4 Å². The van der Waals surface area contributed by atoms with Gasteiger partial charge in [0.25, 0.3) is 0 Å². The van der Waals surface area contributed by atoms with Crippen LogP contribution in [0.4, 0.5) is 0 Å². The summed E-state index contributed by atoms with van der Waals surface area (Å²) in [7, 11) is 0. The van der Waals surface area contributed by atoms with Gasteiger partial charge in [-0.15, -0.1) is 0 Å². The lowest BCUT2D eigenvalue weighted by Gasteiger charge is -1.93. The number of carbonyl (C=O) groups excluding carboxylic acids is 1. The van der Waals surface area contributed by atoms with Crippen molar-refractivity contribution in [3.63, 3.8) is 0 Å². The lowest BCUT2D eigenvalue weighted by molar-refractivity contribution is 0.0984. The number of rotatable bonds is 2. The predicted octanol–water partition coefficient (Wildman–Crippen LogP) is 2.24. The first-order chi connectivity index (χ1) is 6.72. The van der Waals surface area contributed by atoms with Crippen LogP contribution in [-0.4, -0.2) is 15.2 Å². The number of aromatic nitrogens is 2. The molecule has 3 nitrogen and oxygen atoms in total. The third-order valence-electron chi connectivity index (χ3n) is 2.28. The summed E-state index contributed by atoms with van der Waals surface area (Å²) in [6, 6.07) is 3.94. The normalized spacial score (nSPS) is 10.7. The molecule has 0 atom stereocenters. The molecule has 0 unspecified atom stereocenters. The Morgan fingerprint density at radius 3 is 3.00 bits per heavy atom. The predicted molar refractivity (Wildman–Crippen MR) is 54.6 cm³/mol. The second-order valence-electron chi connectivity index (χ2n) is 3.32. The summed E-state index contributed by atoms with van der Waals surface area (Å²) in [5.74, 6) is 0.0908. The zero-order valence-corrected chi connectivity index (χ0v) is 8.32. The quantitative estimate of drug-likeness (QED) is 0.677. The number of aryl methyl sites for hydroxylation is 1. The third-order valence-corrected chi connectivity index (χ3v) is 2.28. The molecule has 2 heterocycles. The van der Waals surface area contributed by atoms with Crippen LogP contribution < -0.4 is 0 Å². The SMILES string of the molecule is CCC(=O)c1cn2cccc(C)c2n1. The van der Waals surface area contributed by atoms with Gasteiger partial charge in [-0.2, -0.15) is 0 Å². The second-order valence-corrected chi connectivity index (χ2v) is 3.32. The van der Waals surface area contributed by atoms with E-state index in [-0.39, 0.29) is 5.78 Å². The lowest BCUT2D eigenvalue weighted by Crippen LogP contribution is -1.95. The molecular formula is C11H12N2O. The highest BCUT2D eigenvalue weighted by Gasteiger charge is 2.08. The second kappa shape index (κ2) is 3.25. The molecule has 2 aromatic rings. The van der Waals surface area contributed by atoms with Crippen molar-refractivity contribution in [1.82, 2.24) is 9.38 Å². The summed E-state index contributed by atoms with van der Waals surface area (Å²) in [5.41, 5.74) is 2.51. The van der Waals surface area contributed by atoms with Crippen LogP contribution in [0, 0.1) is 6.92 Å². The standard InChI is InChI=1S/C11H12N2O/c1-3-10(14)9-7-13-6-4-5-8(2)11(13)12-9/h4-7H,3H2,1-2H3. The largest absolute Gasteiger partial charge is 0.306 e. The highest BCUT2D eigenvalue weighted by atomic mass is 16.1. The Hall–Kier alpha value is -1.64. The van der Waals surface area contributed by atoms with Gasteiger partial charge in [-0.05, 0) is 18.6 Å². The molecule has 14 heavy (non-hydrogen) atoms. The Kier molecular flexibility index (Phi) is 2.08. The molecule has 0 spiro atoms. The molecule has 0 radical (unpaired) electrons. The van der Waals surface area contributed by atoms with E-state index in [0.29, 0.717) is 12.1 Å². The Labute approximate surface area is 82.4 Å². The van der Waals surface area contributed by atoms with E-state index in [1.54, 1.807) is 6.20 Å². The first-order valence-corrected chi connectivity index (χ1v) is 4.70. The summed E-state index contributed by atoms with van der Waals surface area (Å²) in [6.45, 7) is 3.84. The summed E-state index contributed by atoms with van der Waals surface area (Å²) < 4.78 is 1.89. The minimum Gasteiger partial charge on any atom is -0.306 e. The number of carbonyl (C=O) groups is 1. The van der Waals surface area contributed by atoms with Crippen LogP contribution in [-0.2, 0) is 0 Å². The molecule has 2 rings (SSSR count). The first-order valence-electron chi connectivity index (χ1n) is 4.70. The van der Waals surface area contributed by atoms with Crippen LogP contribution in [0.3, 0.4) is 0 Å². The Morgan fingerprint density at radius 1 is 1.57 bits per heavy atom. The molecule has 0 aliphatic carbocycles. The molecule has 0 saturated carbocycles. The topological polar surface area (TPSA) is 34.4 Å². The van der Waals surface area contributed by atoms with Gasteiger partial charge < -0.3 is 4.40 Å². The minimum absolute atomic E-state index is 0.0908. The molecule has 3 heteroatoms. The van der Waals surface area contributed by atoms with E-state index in [2.05, 4.69) is 4.98 Å². The number of Topliss-reactive ketones (excluding diaryl/α,β-unsaturated/α-hetero) is 1. The average molecular weight is 188 g/mol. The zero-order chi connectivity index (χ0) is 10.1. The zero-order valence-electron chi connectivity index (χ0n) is 8.32. The summed E-state index contributed by atoms with van der Waals surface area (Å²) >= 11 is 0.